The van der Waals surface area contributed by atoms with Gasteiger partial charge in [-0.3, -0.25) is 4.99 Å². The maximum atomic E-state index is 12.6. The van der Waals surface area contributed by atoms with E-state index in [4.69, 9.17) is 16.3 Å². The molecule has 2 rings (SSSR count). The smallest absolute Gasteiger partial charge is 0.433 e. The predicted molar refractivity (Wildman–Crippen MR) is 107 cm³/mol. The van der Waals surface area contributed by atoms with E-state index in [0.29, 0.717) is 42.8 Å². The molecule has 1 heterocycles. The van der Waals surface area contributed by atoms with Gasteiger partial charge < -0.3 is 20.7 Å². The molecule has 0 saturated carbocycles. The number of alkyl halides is 3. The number of guanidine groups is 1. The van der Waals surface area contributed by atoms with Gasteiger partial charge in [-0.05, 0) is 30.2 Å². The van der Waals surface area contributed by atoms with Crippen LogP contribution >= 0.6 is 11.6 Å². The van der Waals surface area contributed by atoms with Crippen molar-refractivity contribution in [2.45, 2.75) is 12.6 Å². The minimum absolute atomic E-state index is 0.0845. The molecule has 0 bridgehead atoms. The van der Waals surface area contributed by atoms with Gasteiger partial charge in [0.05, 0.1) is 7.11 Å². The Balaban J connectivity index is 1.73. The highest BCUT2D eigenvalue weighted by molar-refractivity contribution is 6.31. The van der Waals surface area contributed by atoms with Gasteiger partial charge in [0, 0.05) is 37.9 Å². The molecule has 0 aliphatic heterocycles. The van der Waals surface area contributed by atoms with Gasteiger partial charge in [0.2, 0.25) is 5.95 Å². The zero-order chi connectivity index (χ0) is 21.3. The molecule has 0 spiro atoms. The minimum atomic E-state index is -4.50. The van der Waals surface area contributed by atoms with Crippen LogP contribution in [0.3, 0.4) is 0 Å². The molecule has 1 aromatic heterocycles. The lowest BCUT2D eigenvalue weighted by Crippen LogP contribution is -2.40. The first-order valence-corrected chi connectivity index (χ1v) is 9.12. The highest BCUT2D eigenvalue weighted by atomic mass is 35.5. The van der Waals surface area contributed by atoms with Gasteiger partial charge in [-0.15, -0.1) is 0 Å². The lowest BCUT2D eigenvalue weighted by Gasteiger charge is -2.13. The Bertz CT molecular complexity index is 831. The summed E-state index contributed by atoms with van der Waals surface area (Å²) in [6, 6.07) is 6.32. The number of methoxy groups -OCH3 is 1. The van der Waals surface area contributed by atoms with Crippen molar-refractivity contribution in [2.24, 2.45) is 4.99 Å². The zero-order valence-corrected chi connectivity index (χ0v) is 16.7. The van der Waals surface area contributed by atoms with Crippen molar-refractivity contribution < 1.29 is 17.9 Å². The molecule has 11 heteroatoms. The van der Waals surface area contributed by atoms with Crippen LogP contribution in [0.25, 0.3) is 0 Å². The Kier molecular flexibility index (Phi) is 8.32. The molecular weight excluding hydrogens is 409 g/mol. The second-order valence-electron chi connectivity index (χ2n) is 5.82. The maximum Gasteiger partial charge on any atom is 0.433 e. The van der Waals surface area contributed by atoms with Crippen LogP contribution in [0.15, 0.2) is 35.5 Å². The van der Waals surface area contributed by atoms with E-state index >= 15 is 0 Å². The Morgan fingerprint density at radius 2 is 1.93 bits per heavy atom. The number of nitrogens with zero attached hydrogens (tertiary/aromatic N) is 3. The van der Waals surface area contributed by atoms with Crippen molar-refractivity contribution >= 4 is 23.5 Å². The second kappa shape index (κ2) is 10.7. The van der Waals surface area contributed by atoms with Crippen molar-refractivity contribution in [3.63, 3.8) is 0 Å². The van der Waals surface area contributed by atoms with Crippen molar-refractivity contribution in [3.8, 4) is 5.75 Å². The van der Waals surface area contributed by atoms with E-state index < -0.39 is 11.9 Å². The normalized spacial score (nSPS) is 11.9. The zero-order valence-electron chi connectivity index (χ0n) is 16.0. The van der Waals surface area contributed by atoms with E-state index in [9.17, 15) is 13.2 Å². The molecule has 29 heavy (non-hydrogen) atoms. The van der Waals surface area contributed by atoms with Crippen LogP contribution in [0.5, 0.6) is 5.75 Å². The van der Waals surface area contributed by atoms with Crippen LogP contribution in [-0.4, -0.2) is 49.7 Å². The third-order valence-corrected chi connectivity index (χ3v) is 4.17. The average Bonchev–Trinajstić information content (AvgIpc) is 2.70. The number of benzene rings is 1. The van der Waals surface area contributed by atoms with Crippen molar-refractivity contribution in [1.29, 1.82) is 0 Å². The first kappa shape index (κ1) is 22.5. The van der Waals surface area contributed by atoms with Gasteiger partial charge in [-0.1, -0.05) is 17.7 Å². The monoisotopic (exact) mass is 430 g/mol. The largest absolute Gasteiger partial charge is 0.497 e. The number of hydrogen-bond acceptors (Lipinski definition) is 5. The van der Waals surface area contributed by atoms with E-state index in [1.54, 1.807) is 20.2 Å². The first-order chi connectivity index (χ1) is 13.8. The summed E-state index contributed by atoms with van der Waals surface area (Å²) in [5.74, 6) is 1.17. The summed E-state index contributed by atoms with van der Waals surface area (Å²) >= 11 is 6.21. The number of halogens is 4. The Morgan fingerprint density at radius 3 is 2.59 bits per heavy atom. The third-order valence-electron chi connectivity index (χ3n) is 3.82. The van der Waals surface area contributed by atoms with E-state index in [0.717, 1.165) is 17.8 Å². The van der Waals surface area contributed by atoms with Crippen molar-refractivity contribution in [3.05, 3.63) is 46.7 Å². The van der Waals surface area contributed by atoms with Crippen LogP contribution < -0.4 is 20.7 Å². The summed E-state index contributed by atoms with van der Waals surface area (Å²) in [7, 11) is 3.20. The minimum Gasteiger partial charge on any atom is -0.497 e. The molecule has 0 unspecified atom stereocenters. The molecule has 0 radical (unpaired) electrons. The summed E-state index contributed by atoms with van der Waals surface area (Å²) in [6.45, 7) is 1.31. The number of rotatable bonds is 8. The van der Waals surface area contributed by atoms with Gasteiger partial charge in [0.25, 0.3) is 0 Å². The van der Waals surface area contributed by atoms with Gasteiger partial charge in [0.15, 0.2) is 5.96 Å². The van der Waals surface area contributed by atoms with Gasteiger partial charge in [-0.25, -0.2) is 9.97 Å². The molecule has 2 aromatic rings. The van der Waals surface area contributed by atoms with Crippen LogP contribution in [-0.2, 0) is 12.6 Å². The van der Waals surface area contributed by atoms with E-state index in [-0.39, 0.29) is 5.95 Å². The predicted octanol–water partition coefficient (Wildman–Crippen LogP) is 2.98. The van der Waals surface area contributed by atoms with Crippen LogP contribution in [0, 0.1) is 0 Å². The molecule has 7 nitrogen and oxygen atoms in total. The highest BCUT2D eigenvalue weighted by Gasteiger charge is 2.32. The molecule has 1 aromatic carbocycles. The summed E-state index contributed by atoms with van der Waals surface area (Å²) < 4.78 is 43.0. The Hall–Kier alpha value is -2.75. The summed E-state index contributed by atoms with van der Waals surface area (Å²) in [6.07, 6.45) is -2.76. The summed E-state index contributed by atoms with van der Waals surface area (Å²) in [4.78, 5) is 11.3. The molecule has 158 valence electrons. The van der Waals surface area contributed by atoms with E-state index in [1.807, 2.05) is 12.1 Å². The number of nitrogens with one attached hydrogen (secondary N) is 3. The average molecular weight is 431 g/mol. The summed E-state index contributed by atoms with van der Waals surface area (Å²) in [5, 5.41) is 9.56. The van der Waals surface area contributed by atoms with Crippen LogP contribution in [0.1, 0.15) is 11.3 Å². The maximum absolute atomic E-state index is 12.6. The fourth-order valence-electron chi connectivity index (χ4n) is 2.35. The standard InChI is InChI=1S/C18H22ClF3N6O/c1-23-16(24-7-5-12-3-4-13(29-2)11-14(12)19)26-9-10-27-17-25-8-6-15(28-17)18(20,21)22/h3-4,6,8,11H,5,7,9-10H2,1-2H3,(H2,23,24,26)(H,25,27,28). The number of aliphatic imine (C=N–C) groups is 1. The third kappa shape index (κ3) is 7.30. The van der Waals surface area contributed by atoms with Crippen LogP contribution in [0.2, 0.25) is 5.02 Å². The van der Waals surface area contributed by atoms with E-state index in [2.05, 4.69) is 30.9 Å². The number of aromatic nitrogens is 2. The number of ether oxygens (including phenoxy) is 1. The molecule has 3 N–H and O–H groups in total. The number of anilines is 1. The molecule has 0 saturated heterocycles. The fourth-order valence-corrected chi connectivity index (χ4v) is 2.62. The molecule has 0 aliphatic carbocycles. The Morgan fingerprint density at radius 1 is 1.17 bits per heavy atom. The second-order valence-corrected chi connectivity index (χ2v) is 6.23. The Labute approximate surface area is 171 Å². The quantitative estimate of drug-likeness (QED) is 0.339. The molecular formula is C18H22ClF3N6O. The SMILES string of the molecule is CN=C(NCCNc1nccc(C(F)(F)F)n1)NCCc1ccc(OC)cc1Cl. The molecule has 0 fully saturated rings. The molecule has 0 amide bonds. The van der Waals surface area contributed by atoms with Crippen molar-refractivity contribution in [2.75, 3.05) is 39.1 Å². The van der Waals surface area contributed by atoms with Crippen molar-refractivity contribution in [1.82, 2.24) is 20.6 Å². The molecule has 0 atom stereocenters. The molecule has 0 aliphatic rings. The topological polar surface area (TPSA) is 83.5 Å². The fraction of sp³-hybridized carbons (Fsp3) is 0.389. The van der Waals surface area contributed by atoms with E-state index in [1.165, 1.54) is 0 Å². The van der Waals surface area contributed by atoms with Gasteiger partial charge >= 0.3 is 6.18 Å². The highest BCUT2D eigenvalue weighted by Crippen LogP contribution is 2.27. The van der Waals surface area contributed by atoms with Gasteiger partial charge in [-0.2, -0.15) is 13.2 Å². The van der Waals surface area contributed by atoms with Crippen LogP contribution in [0.4, 0.5) is 19.1 Å². The lowest BCUT2D eigenvalue weighted by atomic mass is 10.1. The summed E-state index contributed by atoms with van der Waals surface area (Å²) in [5.41, 5.74) is -0.0172. The number of hydrogen-bond donors (Lipinski definition) is 3. The van der Waals surface area contributed by atoms with Gasteiger partial charge in [0.1, 0.15) is 11.4 Å². The first-order valence-electron chi connectivity index (χ1n) is 8.74. The lowest BCUT2D eigenvalue weighted by molar-refractivity contribution is -0.141.